The number of hydrazine groups is 1. The van der Waals surface area contributed by atoms with Gasteiger partial charge in [-0.2, -0.15) is 0 Å². The van der Waals surface area contributed by atoms with Gasteiger partial charge in [-0.3, -0.25) is 9.59 Å². The van der Waals surface area contributed by atoms with Crippen LogP contribution in [0.3, 0.4) is 0 Å². The third-order valence-electron chi connectivity index (χ3n) is 3.09. The molecular formula is C14H20N4O2S. The number of hydrogen-bond donors (Lipinski definition) is 4. The van der Waals surface area contributed by atoms with Gasteiger partial charge in [-0.05, 0) is 19.4 Å². The van der Waals surface area contributed by atoms with E-state index in [4.69, 9.17) is 0 Å². The zero-order valence-corrected chi connectivity index (χ0v) is 12.9. The lowest BCUT2D eigenvalue weighted by Crippen LogP contribution is -2.63. The van der Waals surface area contributed by atoms with Crippen molar-refractivity contribution < 1.29 is 9.59 Å². The summed E-state index contributed by atoms with van der Waals surface area (Å²) in [4.78, 5) is 23.2. The molecule has 2 amide bonds. The summed E-state index contributed by atoms with van der Waals surface area (Å²) in [5, 5.41) is 5.63. The molecule has 0 aromatic heterocycles. The van der Waals surface area contributed by atoms with Crippen molar-refractivity contribution in [3.8, 4) is 0 Å². The summed E-state index contributed by atoms with van der Waals surface area (Å²) in [7, 11) is 0. The number of rotatable bonds is 5. The van der Waals surface area contributed by atoms with E-state index in [1.165, 1.54) is 17.3 Å². The van der Waals surface area contributed by atoms with Crippen molar-refractivity contribution in [2.45, 2.75) is 31.9 Å². The van der Waals surface area contributed by atoms with Crippen LogP contribution in [0.1, 0.15) is 18.1 Å². The van der Waals surface area contributed by atoms with Gasteiger partial charge in [-0.15, -0.1) is 11.8 Å². The predicted octanol–water partition coefficient (Wildman–Crippen LogP) is 0.241. The van der Waals surface area contributed by atoms with E-state index in [2.05, 4.69) is 21.5 Å². The average molecular weight is 308 g/mol. The van der Waals surface area contributed by atoms with Gasteiger partial charge in [0.05, 0.1) is 11.8 Å². The highest BCUT2D eigenvalue weighted by atomic mass is 32.2. The molecule has 0 radical (unpaired) electrons. The summed E-state index contributed by atoms with van der Waals surface area (Å²) in [5.41, 5.74) is 7.76. The summed E-state index contributed by atoms with van der Waals surface area (Å²) in [6.07, 6.45) is 0. The minimum Gasteiger partial charge on any atom is -0.351 e. The van der Waals surface area contributed by atoms with E-state index in [1.807, 2.05) is 31.2 Å². The van der Waals surface area contributed by atoms with Gasteiger partial charge in [0.15, 0.2) is 0 Å². The normalized spacial score (nSPS) is 21.7. The van der Waals surface area contributed by atoms with E-state index in [0.29, 0.717) is 6.54 Å². The third kappa shape index (κ3) is 5.04. The molecular weight excluding hydrogens is 288 g/mol. The largest absolute Gasteiger partial charge is 0.351 e. The second-order valence-corrected chi connectivity index (χ2v) is 6.07. The molecule has 0 aliphatic carbocycles. The molecule has 1 heterocycles. The first kappa shape index (κ1) is 15.8. The standard InChI is InChI=1S/C14H20N4O2S/c1-9-3-5-11(6-4-9)7-15-12(19)8-21-14-16-13(20)10(2)17-18-14/h3-6,10,14,17-18H,7-8H2,1-2H3,(H,15,19)(H,16,20). The number of nitrogens with one attached hydrogen (secondary N) is 4. The molecule has 4 N–H and O–H groups in total. The Morgan fingerprint density at radius 1 is 1.29 bits per heavy atom. The number of amides is 2. The zero-order chi connectivity index (χ0) is 15.2. The van der Waals surface area contributed by atoms with Crippen LogP contribution in [0.15, 0.2) is 24.3 Å². The predicted molar refractivity (Wildman–Crippen MR) is 83.1 cm³/mol. The highest BCUT2D eigenvalue weighted by Crippen LogP contribution is 2.08. The van der Waals surface area contributed by atoms with Gasteiger partial charge in [0.2, 0.25) is 11.8 Å². The Labute approximate surface area is 128 Å². The van der Waals surface area contributed by atoms with E-state index in [9.17, 15) is 9.59 Å². The molecule has 1 aliphatic rings. The number of hydrogen-bond acceptors (Lipinski definition) is 5. The van der Waals surface area contributed by atoms with Gasteiger partial charge in [0, 0.05) is 6.54 Å². The SMILES string of the molecule is Cc1ccc(CNC(=O)CSC2NNC(C)C(=O)N2)cc1. The van der Waals surface area contributed by atoms with Gasteiger partial charge in [0.1, 0.15) is 5.50 Å². The van der Waals surface area contributed by atoms with Crippen molar-refractivity contribution in [2.75, 3.05) is 5.75 Å². The van der Waals surface area contributed by atoms with Crippen molar-refractivity contribution in [1.82, 2.24) is 21.5 Å². The average Bonchev–Trinajstić information content (AvgIpc) is 2.48. The van der Waals surface area contributed by atoms with Crippen molar-refractivity contribution in [1.29, 1.82) is 0 Å². The van der Waals surface area contributed by atoms with Crippen molar-refractivity contribution in [2.24, 2.45) is 0 Å². The van der Waals surface area contributed by atoms with Crippen LogP contribution < -0.4 is 21.5 Å². The van der Waals surface area contributed by atoms with Gasteiger partial charge in [-0.25, -0.2) is 10.9 Å². The Kier molecular flexibility index (Phi) is 5.60. The Bertz CT molecular complexity index is 506. The number of carbonyl (C=O) groups excluding carboxylic acids is 2. The molecule has 2 atom stereocenters. The van der Waals surface area contributed by atoms with E-state index < -0.39 is 0 Å². The fourth-order valence-corrected chi connectivity index (χ4v) is 2.53. The zero-order valence-electron chi connectivity index (χ0n) is 12.1. The van der Waals surface area contributed by atoms with E-state index >= 15 is 0 Å². The minimum atomic E-state index is -0.293. The molecule has 7 heteroatoms. The van der Waals surface area contributed by atoms with Gasteiger partial charge in [-0.1, -0.05) is 29.8 Å². The minimum absolute atomic E-state index is 0.0600. The number of benzene rings is 1. The van der Waals surface area contributed by atoms with Crippen LogP contribution in [0.2, 0.25) is 0 Å². The molecule has 1 aromatic carbocycles. The topological polar surface area (TPSA) is 82.3 Å². The molecule has 0 bridgehead atoms. The lowest BCUT2D eigenvalue weighted by molar-refractivity contribution is -0.125. The Morgan fingerprint density at radius 3 is 2.67 bits per heavy atom. The van der Waals surface area contributed by atoms with Crippen molar-refractivity contribution in [3.05, 3.63) is 35.4 Å². The summed E-state index contributed by atoms with van der Waals surface area (Å²) in [6, 6.07) is 7.76. The molecule has 0 saturated carbocycles. The second kappa shape index (κ2) is 7.44. The molecule has 2 rings (SSSR count). The first-order valence-corrected chi connectivity index (χ1v) is 7.85. The maximum absolute atomic E-state index is 11.8. The van der Waals surface area contributed by atoms with E-state index in [1.54, 1.807) is 6.92 Å². The Balaban J connectivity index is 1.68. The summed E-state index contributed by atoms with van der Waals surface area (Å²) in [5.74, 6) is 0.140. The summed E-state index contributed by atoms with van der Waals surface area (Å²) < 4.78 is 0. The molecule has 2 unspecified atom stereocenters. The molecule has 1 aromatic rings. The summed E-state index contributed by atoms with van der Waals surface area (Å²) >= 11 is 1.33. The smallest absolute Gasteiger partial charge is 0.240 e. The van der Waals surface area contributed by atoms with Crippen LogP contribution in [-0.4, -0.2) is 29.1 Å². The van der Waals surface area contributed by atoms with Gasteiger partial charge in [0.25, 0.3) is 0 Å². The first-order valence-electron chi connectivity index (χ1n) is 6.80. The monoisotopic (exact) mass is 308 g/mol. The van der Waals surface area contributed by atoms with Crippen LogP contribution in [0, 0.1) is 6.92 Å². The Hall–Kier alpha value is -1.57. The highest BCUT2D eigenvalue weighted by Gasteiger charge is 2.23. The van der Waals surface area contributed by atoms with Crippen molar-refractivity contribution in [3.63, 3.8) is 0 Å². The molecule has 0 spiro atoms. The van der Waals surface area contributed by atoms with Crippen molar-refractivity contribution >= 4 is 23.6 Å². The lowest BCUT2D eigenvalue weighted by atomic mass is 10.1. The molecule has 1 aliphatic heterocycles. The molecule has 114 valence electrons. The quantitative estimate of drug-likeness (QED) is 0.626. The van der Waals surface area contributed by atoms with E-state index in [-0.39, 0.29) is 29.1 Å². The maximum Gasteiger partial charge on any atom is 0.240 e. The fourth-order valence-electron chi connectivity index (χ4n) is 1.76. The highest BCUT2D eigenvalue weighted by molar-refractivity contribution is 8.00. The number of carbonyl (C=O) groups is 2. The fraction of sp³-hybridized carbons (Fsp3) is 0.429. The summed E-state index contributed by atoms with van der Waals surface area (Å²) in [6.45, 7) is 4.30. The lowest BCUT2D eigenvalue weighted by Gasteiger charge is -2.28. The first-order chi connectivity index (χ1) is 10.0. The van der Waals surface area contributed by atoms with Crippen LogP contribution in [0.25, 0.3) is 0 Å². The van der Waals surface area contributed by atoms with Crippen LogP contribution >= 0.6 is 11.8 Å². The number of aryl methyl sites for hydroxylation is 1. The second-order valence-electron chi connectivity index (χ2n) is 4.97. The van der Waals surface area contributed by atoms with Crippen LogP contribution in [0.4, 0.5) is 0 Å². The molecule has 1 fully saturated rings. The van der Waals surface area contributed by atoms with Gasteiger partial charge >= 0.3 is 0 Å². The third-order valence-corrected chi connectivity index (χ3v) is 4.09. The Morgan fingerprint density at radius 2 is 2.00 bits per heavy atom. The molecule has 1 saturated heterocycles. The van der Waals surface area contributed by atoms with Crippen LogP contribution in [-0.2, 0) is 16.1 Å². The van der Waals surface area contributed by atoms with Crippen LogP contribution in [0.5, 0.6) is 0 Å². The van der Waals surface area contributed by atoms with E-state index in [0.717, 1.165) is 5.56 Å². The number of thioether (sulfide) groups is 1. The maximum atomic E-state index is 11.8. The molecule has 6 nitrogen and oxygen atoms in total. The molecule has 21 heavy (non-hydrogen) atoms. The van der Waals surface area contributed by atoms with Gasteiger partial charge < -0.3 is 10.6 Å².